The van der Waals surface area contributed by atoms with Crippen LogP contribution in [-0.4, -0.2) is 0 Å². The van der Waals surface area contributed by atoms with Gasteiger partial charge in [-0.15, -0.1) is 0 Å². The van der Waals surface area contributed by atoms with Gasteiger partial charge in [0.25, 0.3) is 0 Å². The average Bonchev–Trinajstić information content (AvgIpc) is 2.26. The highest BCUT2D eigenvalue weighted by Crippen LogP contribution is 2.24. The molecule has 0 nitrogen and oxygen atoms in total. The van der Waals surface area contributed by atoms with Crippen LogP contribution in [0.5, 0.6) is 0 Å². The summed E-state index contributed by atoms with van der Waals surface area (Å²) in [5, 5.41) is 0. The zero-order valence-electron chi connectivity index (χ0n) is 10.6. The van der Waals surface area contributed by atoms with E-state index in [4.69, 9.17) is 0 Å². The van der Waals surface area contributed by atoms with Gasteiger partial charge < -0.3 is 0 Å². The Morgan fingerprint density at radius 3 is 2.40 bits per heavy atom. The highest BCUT2D eigenvalue weighted by molar-refractivity contribution is 5.24. The van der Waals surface area contributed by atoms with E-state index >= 15 is 0 Å². The molecule has 0 fully saturated rings. The third-order valence-electron chi connectivity index (χ3n) is 2.73. The summed E-state index contributed by atoms with van der Waals surface area (Å²) in [5.74, 6) is 0.712. The van der Waals surface area contributed by atoms with Crippen molar-refractivity contribution in [2.24, 2.45) is 5.92 Å². The van der Waals surface area contributed by atoms with Crippen LogP contribution in [0, 0.1) is 5.92 Å². The lowest BCUT2D eigenvalue weighted by atomic mass is 9.89. The molecule has 0 aliphatic heterocycles. The Kier molecular flexibility index (Phi) is 9.26. The topological polar surface area (TPSA) is 0 Å². The second-order valence-corrected chi connectivity index (χ2v) is 4.02. The summed E-state index contributed by atoms with van der Waals surface area (Å²) < 4.78 is 0. The van der Waals surface area contributed by atoms with Crippen molar-refractivity contribution >= 4 is 0 Å². The fraction of sp³-hybridized carbons (Fsp3) is 0.600. The van der Waals surface area contributed by atoms with Gasteiger partial charge in [-0.25, -0.2) is 0 Å². The Balaban J connectivity index is 4.45. The first-order valence-electron chi connectivity index (χ1n) is 6.25. The number of unbranched alkanes of at least 4 members (excludes halogenated alkanes) is 1. The molecule has 1 atom stereocenters. The van der Waals surface area contributed by atoms with Gasteiger partial charge in [0, 0.05) is 0 Å². The first kappa shape index (κ1) is 14.2. The highest BCUT2D eigenvalue weighted by Gasteiger charge is 2.09. The molecule has 0 rings (SSSR count). The summed E-state index contributed by atoms with van der Waals surface area (Å²) in [6.07, 6.45) is 14.9. The normalized spacial score (nSPS) is 14.5. The Bertz CT molecular complexity index is 208. The van der Waals surface area contributed by atoms with Crippen molar-refractivity contribution in [3.63, 3.8) is 0 Å². The maximum absolute atomic E-state index is 3.92. The summed E-state index contributed by atoms with van der Waals surface area (Å²) >= 11 is 0. The van der Waals surface area contributed by atoms with Gasteiger partial charge in [-0.2, -0.15) is 0 Å². The lowest BCUT2D eigenvalue weighted by Gasteiger charge is -2.16. The molecule has 0 saturated carbocycles. The minimum atomic E-state index is 0.712. The molecule has 15 heavy (non-hydrogen) atoms. The fourth-order valence-electron chi connectivity index (χ4n) is 1.85. The minimum absolute atomic E-state index is 0.712. The van der Waals surface area contributed by atoms with Gasteiger partial charge >= 0.3 is 0 Å². The largest absolute Gasteiger partial charge is 0.0988 e. The van der Waals surface area contributed by atoms with E-state index < -0.39 is 0 Å². The van der Waals surface area contributed by atoms with E-state index in [-0.39, 0.29) is 0 Å². The molecule has 0 aromatic carbocycles. The van der Waals surface area contributed by atoms with E-state index in [0.717, 1.165) is 0 Å². The maximum Gasteiger partial charge on any atom is -0.0162 e. The van der Waals surface area contributed by atoms with Crippen LogP contribution in [0.4, 0.5) is 0 Å². The van der Waals surface area contributed by atoms with Gasteiger partial charge in [0.1, 0.15) is 0 Å². The van der Waals surface area contributed by atoms with Crippen LogP contribution in [0.25, 0.3) is 0 Å². The summed E-state index contributed by atoms with van der Waals surface area (Å²) in [5.41, 5.74) is 1.41. The molecule has 0 amide bonds. The van der Waals surface area contributed by atoms with E-state index in [1.807, 2.05) is 6.08 Å². The Morgan fingerprint density at radius 1 is 1.20 bits per heavy atom. The zero-order chi connectivity index (χ0) is 11.5. The van der Waals surface area contributed by atoms with Gasteiger partial charge in [-0.1, -0.05) is 64.0 Å². The van der Waals surface area contributed by atoms with E-state index in [2.05, 4.69) is 45.6 Å². The number of rotatable bonds is 8. The second-order valence-electron chi connectivity index (χ2n) is 4.02. The summed E-state index contributed by atoms with van der Waals surface area (Å²) in [6, 6.07) is 0. The predicted octanol–water partition coefficient (Wildman–Crippen LogP) is 5.28. The van der Waals surface area contributed by atoms with Gasteiger partial charge in [0.05, 0.1) is 0 Å². The quantitative estimate of drug-likeness (QED) is 0.474. The van der Waals surface area contributed by atoms with Crippen LogP contribution in [0.15, 0.2) is 36.5 Å². The Morgan fingerprint density at radius 2 is 1.93 bits per heavy atom. The summed E-state index contributed by atoms with van der Waals surface area (Å²) in [4.78, 5) is 0. The molecular weight excluding hydrogens is 180 g/mol. The fourth-order valence-corrected chi connectivity index (χ4v) is 1.85. The van der Waals surface area contributed by atoms with Gasteiger partial charge in [0.2, 0.25) is 0 Å². The van der Waals surface area contributed by atoms with Crippen molar-refractivity contribution in [3.8, 4) is 0 Å². The smallest absolute Gasteiger partial charge is 0.0162 e. The van der Waals surface area contributed by atoms with Crippen molar-refractivity contribution in [3.05, 3.63) is 36.5 Å². The zero-order valence-corrected chi connectivity index (χ0v) is 10.6. The first-order valence-corrected chi connectivity index (χ1v) is 6.25. The summed E-state index contributed by atoms with van der Waals surface area (Å²) in [7, 11) is 0. The third kappa shape index (κ3) is 6.33. The molecule has 0 saturated heterocycles. The molecule has 1 unspecified atom stereocenters. The molecular formula is C15H26. The number of hydrogen-bond acceptors (Lipinski definition) is 0. The van der Waals surface area contributed by atoms with Crippen LogP contribution in [-0.2, 0) is 0 Å². The van der Waals surface area contributed by atoms with E-state index in [0.29, 0.717) is 5.92 Å². The lowest BCUT2D eigenvalue weighted by Crippen LogP contribution is -2.02. The van der Waals surface area contributed by atoms with E-state index in [9.17, 15) is 0 Å². The molecule has 0 aliphatic rings. The average molecular weight is 206 g/mol. The molecule has 0 N–H and O–H groups in total. The number of hydrogen-bond donors (Lipinski definition) is 0. The van der Waals surface area contributed by atoms with Gasteiger partial charge in [-0.3, -0.25) is 0 Å². The molecule has 86 valence electrons. The predicted molar refractivity (Wildman–Crippen MR) is 71.0 cm³/mol. The molecule has 0 radical (unpaired) electrons. The SMILES string of the molecule is C=C/C(=C\C=C/C)C(CCC)CCCC. The van der Waals surface area contributed by atoms with E-state index in [1.54, 1.807) is 0 Å². The van der Waals surface area contributed by atoms with Crippen LogP contribution in [0.3, 0.4) is 0 Å². The van der Waals surface area contributed by atoms with Crippen molar-refractivity contribution in [2.75, 3.05) is 0 Å². The molecule has 0 aromatic heterocycles. The molecule has 0 bridgehead atoms. The third-order valence-corrected chi connectivity index (χ3v) is 2.73. The Hall–Kier alpha value is -0.780. The van der Waals surface area contributed by atoms with Crippen LogP contribution in [0.1, 0.15) is 52.9 Å². The molecule has 0 heterocycles. The van der Waals surface area contributed by atoms with Crippen molar-refractivity contribution in [2.45, 2.75) is 52.9 Å². The highest BCUT2D eigenvalue weighted by atomic mass is 14.1. The van der Waals surface area contributed by atoms with Crippen molar-refractivity contribution in [1.82, 2.24) is 0 Å². The monoisotopic (exact) mass is 206 g/mol. The molecule has 0 spiro atoms. The minimum Gasteiger partial charge on any atom is -0.0988 e. The second kappa shape index (κ2) is 9.76. The first-order chi connectivity index (χ1) is 7.29. The summed E-state index contributed by atoms with van der Waals surface area (Å²) in [6.45, 7) is 10.5. The standard InChI is InChI=1S/C15H26/c1-5-9-12-14(8-4)15(11-7-3)13-10-6-2/h5,8-9,12,15H,4,6-7,10-11,13H2,1-3H3/b9-5-,14-12+. The molecule has 0 heteroatoms. The number of allylic oxidation sites excluding steroid dienone is 5. The van der Waals surface area contributed by atoms with Crippen LogP contribution in [0.2, 0.25) is 0 Å². The maximum atomic E-state index is 3.92. The van der Waals surface area contributed by atoms with Crippen molar-refractivity contribution in [1.29, 1.82) is 0 Å². The van der Waals surface area contributed by atoms with Crippen molar-refractivity contribution < 1.29 is 0 Å². The van der Waals surface area contributed by atoms with Crippen LogP contribution < -0.4 is 0 Å². The molecule has 0 aromatic rings. The van der Waals surface area contributed by atoms with E-state index in [1.165, 1.54) is 37.7 Å². The lowest BCUT2D eigenvalue weighted by molar-refractivity contribution is 0.496. The van der Waals surface area contributed by atoms with Gasteiger partial charge in [-0.05, 0) is 31.3 Å². The van der Waals surface area contributed by atoms with Gasteiger partial charge in [0.15, 0.2) is 0 Å². The molecule has 0 aliphatic carbocycles. The Labute approximate surface area is 95.8 Å². The van der Waals surface area contributed by atoms with Crippen LogP contribution >= 0.6 is 0 Å².